The molecule has 0 radical (unpaired) electrons. The maximum absolute atomic E-state index is 8.92. The Hall–Kier alpha value is -0.120. The zero-order valence-electron chi connectivity index (χ0n) is 8.33. The van der Waals surface area contributed by atoms with Crippen LogP contribution in [0.4, 0.5) is 0 Å². The van der Waals surface area contributed by atoms with Crippen LogP contribution in [0.25, 0.3) is 0 Å². The Morgan fingerprint density at radius 3 is 1.73 bits per heavy atom. The van der Waals surface area contributed by atoms with E-state index in [4.69, 9.17) is 10.8 Å². The smallest absolute Gasteiger partial charge is 0.118 e. The number of hydrogen-bond acceptors (Lipinski definition) is 3. The molecule has 0 spiro atoms. The summed E-state index contributed by atoms with van der Waals surface area (Å²) in [6, 6.07) is 0.0880. The van der Waals surface area contributed by atoms with E-state index in [1.807, 2.05) is 39.8 Å². The van der Waals surface area contributed by atoms with Crippen molar-refractivity contribution in [3.63, 3.8) is 0 Å². The van der Waals surface area contributed by atoms with Crippen molar-refractivity contribution in [3.05, 3.63) is 0 Å². The Kier molecular flexibility index (Phi) is 9.77. The summed E-state index contributed by atoms with van der Waals surface area (Å²) >= 11 is 0. The van der Waals surface area contributed by atoms with E-state index < -0.39 is 6.23 Å². The molecule has 0 aliphatic carbocycles. The SMILES string of the molecule is CC.CCC([C@H](N)O)N(C)C. The summed E-state index contributed by atoms with van der Waals surface area (Å²) in [6.45, 7) is 6.00. The van der Waals surface area contributed by atoms with Crippen molar-refractivity contribution >= 4 is 0 Å². The van der Waals surface area contributed by atoms with E-state index in [0.29, 0.717) is 0 Å². The molecule has 0 saturated carbocycles. The van der Waals surface area contributed by atoms with Crippen LogP contribution in [0.1, 0.15) is 27.2 Å². The molecule has 0 aliphatic heterocycles. The third-order valence-corrected chi connectivity index (χ3v) is 1.48. The fourth-order valence-electron chi connectivity index (χ4n) is 0.912. The molecule has 0 heterocycles. The molecule has 0 saturated heterocycles. The lowest BCUT2D eigenvalue weighted by molar-refractivity contribution is 0.0789. The highest BCUT2D eigenvalue weighted by Crippen LogP contribution is 1.99. The van der Waals surface area contributed by atoms with Crippen LogP contribution >= 0.6 is 0 Å². The summed E-state index contributed by atoms with van der Waals surface area (Å²) in [5.74, 6) is 0. The number of rotatable bonds is 3. The van der Waals surface area contributed by atoms with Crippen molar-refractivity contribution in [2.24, 2.45) is 5.73 Å². The van der Waals surface area contributed by atoms with Gasteiger partial charge in [0.1, 0.15) is 6.23 Å². The fraction of sp³-hybridized carbons (Fsp3) is 1.00. The lowest BCUT2D eigenvalue weighted by atomic mass is 10.2. The monoisotopic (exact) mass is 162 g/mol. The molecular formula is C8H22N2O. The minimum atomic E-state index is -0.718. The van der Waals surface area contributed by atoms with Crippen LogP contribution in [0.15, 0.2) is 0 Å². The van der Waals surface area contributed by atoms with Gasteiger partial charge in [-0.05, 0) is 20.5 Å². The summed E-state index contributed by atoms with van der Waals surface area (Å²) < 4.78 is 0. The molecule has 0 fully saturated rings. The van der Waals surface area contributed by atoms with Crippen molar-refractivity contribution in [2.45, 2.75) is 39.5 Å². The highest BCUT2D eigenvalue weighted by atomic mass is 16.3. The van der Waals surface area contributed by atoms with Crippen molar-refractivity contribution in [2.75, 3.05) is 14.1 Å². The zero-order valence-corrected chi connectivity index (χ0v) is 8.33. The fourth-order valence-corrected chi connectivity index (χ4v) is 0.912. The van der Waals surface area contributed by atoms with Crippen molar-refractivity contribution in [1.82, 2.24) is 4.90 Å². The lowest BCUT2D eigenvalue weighted by Crippen LogP contribution is -2.43. The van der Waals surface area contributed by atoms with Gasteiger partial charge in [0.05, 0.1) is 0 Å². The van der Waals surface area contributed by atoms with Gasteiger partial charge in [-0.2, -0.15) is 0 Å². The molecule has 70 valence electrons. The predicted octanol–water partition coefficient (Wildman–Crippen LogP) is 0.630. The Morgan fingerprint density at radius 2 is 1.73 bits per heavy atom. The van der Waals surface area contributed by atoms with E-state index in [1.54, 1.807) is 0 Å². The first-order valence-corrected chi connectivity index (χ1v) is 4.19. The van der Waals surface area contributed by atoms with Gasteiger partial charge < -0.3 is 15.7 Å². The largest absolute Gasteiger partial charge is 0.377 e. The molecule has 0 aromatic carbocycles. The summed E-state index contributed by atoms with van der Waals surface area (Å²) in [7, 11) is 3.81. The average molecular weight is 162 g/mol. The maximum atomic E-state index is 8.92. The number of nitrogens with two attached hydrogens (primary N) is 1. The number of aliphatic hydroxyl groups excluding tert-OH is 1. The van der Waals surface area contributed by atoms with Gasteiger partial charge in [-0.25, -0.2) is 0 Å². The quantitative estimate of drug-likeness (QED) is 0.598. The standard InChI is InChI=1S/C6H16N2O.C2H6/c1-4-5(6(7)9)8(2)3;1-2/h5-6,9H,4,7H2,1-3H3;1-2H3/t5?,6-;/m1./s1. The summed E-state index contributed by atoms with van der Waals surface area (Å²) in [4.78, 5) is 1.92. The number of aliphatic hydroxyl groups is 1. The van der Waals surface area contributed by atoms with Crippen LogP contribution in [-0.4, -0.2) is 36.4 Å². The predicted molar refractivity (Wildman–Crippen MR) is 49.3 cm³/mol. The molecule has 3 N–H and O–H groups in total. The molecule has 3 nitrogen and oxygen atoms in total. The first kappa shape index (κ1) is 13.5. The van der Waals surface area contributed by atoms with Gasteiger partial charge in [0.25, 0.3) is 0 Å². The second-order valence-corrected chi connectivity index (χ2v) is 2.43. The van der Waals surface area contributed by atoms with Crippen LogP contribution in [0.2, 0.25) is 0 Å². The second-order valence-electron chi connectivity index (χ2n) is 2.43. The maximum Gasteiger partial charge on any atom is 0.118 e. The van der Waals surface area contributed by atoms with E-state index in [-0.39, 0.29) is 6.04 Å². The van der Waals surface area contributed by atoms with Gasteiger partial charge in [-0.3, -0.25) is 0 Å². The molecule has 0 aromatic heterocycles. The molecular weight excluding hydrogens is 140 g/mol. The van der Waals surface area contributed by atoms with E-state index >= 15 is 0 Å². The Morgan fingerprint density at radius 1 is 1.36 bits per heavy atom. The second kappa shape index (κ2) is 7.98. The molecule has 2 atom stereocenters. The summed E-state index contributed by atoms with van der Waals surface area (Å²) in [6.07, 6.45) is 0.162. The third-order valence-electron chi connectivity index (χ3n) is 1.48. The van der Waals surface area contributed by atoms with Crippen molar-refractivity contribution in [1.29, 1.82) is 0 Å². The molecule has 1 unspecified atom stereocenters. The molecule has 0 bridgehead atoms. The molecule has 0 aromatic rings. The minimum Gasteiger partial charge on any atom is -0.377 e. The Labute approximate surface area is 70.2 Å². The molecule has 11 heavy (non-hydrogen) atoms. The van der Waals surface area contributed by atoms with E-state index in [1.165, 1.54) is 0 Å². The van der Waals surface area contributed by atoms with Crippen molar-refractivity contribution < 1.29 is 5.11 Å². The highest BCUT2D eigenvalue weighted by Gasteiger charge is 2.13. The van der Waals surface area contributed by atoms with E-state index in [2.05, 4.69) is 0 Å². The van der Waals surface area contributed by atoms with E-state index in [0.717, 1.165) is 6.42 Å². The normalized spacial score (nSPS) is 15.3. The third kappa shape index (κ3) is 6.28. The van der Waals surface area contributed by atoms with E-state index in [9.17, 15) is 0 Å². The van der Waals surface area contributed by atoms with Gasteiger partial charge >= 0.3 is 0 Å². The van der Waals surface area contributed by atoms with Gasteiger partial charge in [0, 0.05) is 6.04 Å². The Bertz CT molecular complexity index is 66.5. The molecule has 0 aliphatic rings. The summed E-state index contributed by atoms with van der Waals surface area (Å²) in [5.41, 5.74) is 5.26. The van der Waals surface area contributed by atoms with Gasteiger partial charge in [-0.1, -0.05) is 20.8 Å². The molecule has 0 rings (SSSR count). The highest BCUT2D eigenvalue weighted by molar-refractivity contribution is 4.67. The number of nitrogens with zero attached hydrogens (tertiary/aromatic N) is 1. The number of hydrogen-bond donors (Lipinski definition) is 2. The van der Waals surface area contributed by atoms with Gasteiger partial charge in [-0.15, -0.1) is 0 Å². The van der Waals surface area contributed by atoms with Gasteiger partial charge in [0.15, 0.2) is 0 Å². The first-order valence-electron chi connectivity index (χ1n) is 4.19. The molecule has 0 amide bonds. The summed E-state index contributed by atoms with van der Waals surface area (Å²) in [5, 5.41) is 8.92. The van der Waals surface area contributed by atoms with Crippen LogP contribution in [0, 0.1) is 0 Å². The van der Waals surface area contributed by atoms with Crippen LogP contribution in [0.5, 0.6) is 0 Å². The lowest BCUT2D eigenvalue weighted by Gasteiger charge is -2.24. The van der Waals surface area contributed by atoms with Crippen LogP contribution < -0.4 is 5.73 Å². The van der Waals surface area contributed by atoms with Gasteiger partial charge in [0.2, 0.25) is 0 Å². The Balaban J connectivity index is 0. The minimum absolute atomic E-state index is 0.0880. The topological polar surface area (TPSA) is 49.5 Å². The number of likely N-dealkylation sites (N-methyl/N-ethyl adjacent to an activating group) is 1. The van der Waals surface area contributed by atoms with Crippen LogP contribution in [0.3, 0.4) is 0 Å². The average Bonchev–Trinajstić information content (AvgIpc) is 1.91. The van der Waals surface area contributed by atoms with Crippen molar-refractivity contribution in [3.8, 4) is 0 Å². The molecule has 3 heteroatoms. The zero-order chi connectivity index (χ0) is 9.44. The first-order chi connectivity index (χ1) is 5.09. The van der Waals surface area contributed by atoms with Crippen LogP contribution in [-0.2, 0) is 0 Å².